The Balaban J connectivity index is 2.17. The molecule has 2 aromatic rings. The van der Waals surface area contributed by atoms with E-state index < -0.39 is 0 Å². The van der Waals surface area contributed by atoms with Crippen LogP contribution in [0.5, 0.6) is 0 Å². The molecule has 1 heterocycles. The zero-order valence-corrected chi connectivity index (χ0v) is 13.5. The maximum atomic E-state index is 5.95. The molecule has 5 heteroatoms. The molecule has 0 aliphatic rings. The van der Waals surface area contributed by atoms with Crippen LogP contribution in [0.2, 0.25) is 5.02 Å². The van der Waals surface area contributed by atoms with Crippen molar-refractivity contribution >= 4 is 23.1 Å². The Morgan fingerprint density at radius 1 is 1.25 bits per heavy atom. The van der Waals surface area contributed by atoms with Crippen molar-refractivity contribution in [3.05, 3.63) is 45.4 Å². The fraction of sp³-hybridized carbons (Fsp3) is 0.467. The van der Waals surface area contributed by atoms with Gasteiger partial charge >= 0.3 is 0 Å². The second-order valence-corrected chi connectivity index (χ2v) is 6.00. The summed E-state index contributed by atoms with van der Waals surface area (Å²) in [5.74, 6) is 0. The number of nitrogens with zero attached hydrogens (tertiary/aromatic N) is 2. The van der Waals surface area contributed by atoms with Crippen molar-refractivity contribution in [2.45, 2.75) is 39.2 Å². The molecular formula is C15H20ClN3S. The first-order chi connectivity index (χ1) is 9.74. The van der Waals surface area contributed by atoms with Gasteiger partial charge in [0.25, 0.3) is 0 Å². The summed E-state index contributed by atoms with van der Waals surface area (Å²) in [6.45, 7) is 5.30. The first-order valence-corrected chi connectivity index (χ1v) is 8.18. The average molecular weight is 310 g/mol. The highest BCUT2D eigenvalue weighted by Gasteiger charge is 2.18. The van der Waals surface area contributed by atoms with E-state index >= 15 is 0 Å². The summed E-state index contributed by atoms with van der Waals surface area (Å²) in [5.41, 5.74) is 2.39. The van der Waals surface area contributed by atoms with E-state index in [4.69, 9.17) is 11.6 Å². The quantitative estimate of drug-likeness (QED) is 0.839. The van der Waals surface area contributed by atoms with Gasteiger partial charge in [0.15, 0.2) is 0 Å². The van der Waals surface area contributed by atoms with Crippen LogP contribution in [0.3, 0.4) is 0 Å². The minimum absolute atomic E-state index is 0.283. The molecule has 0 fully saturated rings. The summed E-state index contributed by atoms with van der Waals surface area (Å²) < 4.78 is 4.11. The molecule has 1 N–H and O–H groups in total. The van der Waals surface area contributed by atoms with Gasteiger partial charge in [-0.2, -0.15) is 0 Å². The van der Waals surface area contributed by atoms with E-state index in [1.807, 2.05) is 12.1 Å². The number of hydrogen-bond acceptors (Lipinski definition) is 4. The standard InChI is InChI=1S/C15H20ClN3S/c1-3-9-17-14(15-13(4-2)18-19-20-15)10-11-5-7-12(16)8-6-11/h5-8,14,17H,3-4,9-10H2,1-2H3. The molecular weight excluding hydrogens is 290 g/mol. The van der Waals surface area contributed by atoms with E-state index in [0.29, 0.717) is 0 Å². The van der Waals surface area contributed by atoms with Crippen LogP contribution in [0.15, 0.2) is 24.3 Å². The largest absolute Gasteiger partial charge is 0.309 e. The number of halogens is 1. The highest BCUT2D eigenvalue weighted by molar-refractivity contribution is 7.05. The highest BCUT2D eigenvalue weighted by atomic mass is 35.5. The lowest BCUT2D eigenvalue weighted by Crippen LogP contribution is -2.24. The van der Waals surface area contributed by atoms with Gasteiger partial charge < -0.3 is 5.32 Å². The molecule has 0 aliphatic carbocycles. The molecule has 1 atom stereocenters. The Labute approximate surface area is 129 Å². The Morgan fingerprint density at radius 2 is 2.00 bits per heavy atom. The maximum Gasteiger partial charge on any atom is 0.0801 e. The van der Waals surface area contributed by atoms with E-state index in [0.717, 1.165) is 36.5 Å². The lowest BCUT2D eigenvalue weighted by molar-refractivity contribution is 0.532. The van der Waals surface area contributed by atoms with Crippen LogP contribution >= 0.6 is 23.1 Å². The third-order valence-electron chi connectivity index (χ3n) is 3.23. The van der Waals surface area contributed by atoms with Crippen molar-refractivity contribution in [1.82, 2.24) is 14.9 Å². The molecule has 1 unspecified atom stereocenters. The Kier molecular flexibility index (Phi) is 5.95. The first kappa shape index (κ1) is 15.4. The van der Waals surface area contributed by atoms with Gasteiger partial charge in [0.05, 0.1) is 10.6 Å². The van der Waals surface area contributed by atoms with Gasteiger partial charge in [-0.15, -0.1) is 5.10 Å². The molecule has 1 aromatic heterocycles. The number of hydrogen-bond donors (Lipinski definition) is 1. The van der Waals surface area contributed by atoms with Crippen LogP contribution in [-0.2, 0) is 12.8 Å². The van der Waals surface area contributed by atoms with Gasteiger partial charge in [0.2, 0.25) is 0 Å². The molecule has 0 bridgehead atoms. The van der Waals surface area contributed by atoms with Crippen LogP contribution in [0, 0.1) is 0 Å². The summed E-state index contributed by atoms with van der Waals surface area (Å²) in [5, 5.41) is 8.61. The van der Waals surface area contributed by atoms with E-state index in [9.17, 15) is 0 Å². The van der Waals surface area contributed by atoms with Crippen LogP contribution in [-0.4, -0.2) is 16.1 Å². The number of nitrogens with one attached hydrogen (secondary N) is 1. The monoisotopic (exact) mass is 309 g/mol. The average Bonchev–Trinajstić information content (AvgIpc) is 2.94. The molecule has 3 nitrogen and oxygen atoms in total. The van der Waals surface area contributed by atoms with Crippen molar-refractivity contribution in [3.8, 4) is 0 Å². The van der Waals surface area contributed by atoms with Gasteiger partial charge in [0, 0.05) is 11.1 Å². The first-order valence-electron chi connectivity index (χ1n) is 7.03. The Morgan fingerprint density at radius 3 is 2.65 bits per heavy atom. The maximum absolute atomic E-state index is 5.95. The topological polar surface area (TPSA) is 37.8 Å². The second-order valence-electron chi connectivity index (χ2n) is 4.77. The summed E-state index contributed by atoms with van der Waals surface area (Å²) in [6.07, 6.45) is 2.98. The van der Waals surface area contributed by atoms with Gasteiger partial charge in [0.1, 0.15) is 0 Å². The zero-order chi connectivity index (χ0) is 14.4. The van der Waals surface area contributed by atoms with Crippen molar-refractivity contribution < 1.29 is 0 Å². The molecule has 108 valence electrons. The van der Waals surface area contributed by atoms with Gasteiger partial charge in [-0.05, 0) is 55.0 Å². The predicted octanol–water partition coefficient (Wildman–Crippen LogP) is 4.04. The summed E-state index contributed by atoms with van der Waals surface area (Å²) in [6, 6.07) is 8.34. The normalized spacial score (nSPS) is 12.6. The van der Waals surface area contributed by atoms with E-state index in [1.54, 1.807) is 0 Å². The lowest BCUT2D eigenvalue weighted by Gasteiger charge is -2.17. The van der Waals surface area contributed by atoms with E-state index in [2.05, 4.69) is 40.9 Å². The van der Waals surface area contributed by atoms with Crippen LogP contribution in [0.4, 0.5) is 0 Å². The number of aryl methyl sites for hydroxylation is 1. The highest BCUT2D eigenvalue weighted by Crippen LogP contribution is 2.25. The summed E-state index contributed by atoms with van der Waals surface area (Å²) >= 11 is 7.45. The van der Waals surface area contributed by atoms with Gasteiger partial charge in [-0.3, -0.25) is 0 Å². The van der Waals surface area contributed by atoms with Crippen molar-refractivity contribution in [2.75, 3.05) is 6.54 Å². The van der Waals surface area contributed by atoms with Crippen molar-refractivity contribution in [2.24, 2.45) is 0 Å². The minimum Gasteiger partial charge on any atom is -0.309 e. The summed E-state index contributed by atoms with van der Waals surface area (Å²) in [7, 11) is 0. The van der Waals surface area contributed by atoms with E-state index in [1.165, 1.54) is 22.0 Å². The third kappa shape index (κ3) is 4.01. The van der Waals surface area contributed by atoms with Crippen molar-refractivity contribution in [3.63, 3.8) is 0 Å². The van der Waals surface area contributed by atoms with Gasteiger partial charge in [-0.1, -0.05) is 42.1 Å². The molecule has 2 rings (SSSR count). The van der Waals surface area contributed by atoms with Crippen LogP contribution < -0.4 is 5.32 Å². The van der Waals surface area contributed by atoms with Crippen molar-refractivity contribution in [1.29, 1.82) is 0 Å². The Hall–Kier alpha value is -0.970. The number of aromatic nitrogens is 2. The van der Waals surface area contributed by atoms with Gasteiger partial charge in [-0.25, -0.2) is 0 Å². The lowest BCUT2D eigenvalue weighted by atomic mass is 10.0. The third-order valence-corrected chi connectivity index (χ3v) is 4.36. The molecule has 0 aliphatic heterocycles. The molecule has 0 spiro atoms. The zero-order valence-electron chi connectivity index (χ0n) is 11.9. The number of rotatable bonds is 7. The molecule has 1 aromatic carbocycles. The fourth-order valence-corrected chi connectivity index (χ4v) is 3.10. The molecule has 0 saturated heterocycles. The SMILES string of the molecule is CCCNC(Cc1ccc(Cl)cc1)c1snnc1CC. The molecule has 0 amide bonds. The molecule has 20 heavy (non-hydrogen) atoms. The molecule has 0 saturated carbocycles. The fourth-order valence-electron chi connectivity index (χ4n) is 2.16. The smallest absolute Gasteiger partial charge is 0.0801 e. The molecule has 0 radical (unpaired) electrons. The second kappa shape index (κ2) is 7.72. The van der Waals surface area contributed by atoms with E-state index in [-0.39, 0.29) is 6.04 Å². The van der Waals surface area contributed by atoms with Crippen LogP contribution in [0.1, 0.15) is 42.4 Å². The minimum atomic E-state index is 0.283. The predicted molar refractivity (Wildman–Crippen MR) is 85.5 cm³/mol. The summed E-state index contributed by atoms with van der Waals surface area (Å²) in [4.78, 5) is 1.26. The number of benzene rings is 1. The Bertz CT molecular complexity index is 524. The van der Waals surface area contributed by atoms with Crippen LogP contribution in [0.25, 0.3) is 0 Å².